The van der Waals surface area contributed by atoms with Crippen LogP contribution >= 0.6 is 0 Å². The van der Waals surface area contributed by atoms with Crippen molar-refractivity contribution in [2.45, 2.75) is 19.3 Å². The number of carbonyl (C=O) groups excluding carboxylic acids is 1. The van der Waals surface area contributed by atoms with Crippen molar-refractivity contribution in [3.05, 3.63) is 54.6 Å². The Morgan fingerprint density at radius 2 is 1.93 bits per heavy atom. The number of hydrogen-bond acceptors (Lipinski definition) is 3. The SMILES string of the molecule is O=C(Nc1cccc(-c2cc3ccccc3[nH]2)c1)C1CCN(C[C@@H]2CCOC2)CC1. The molecule has 156 valence electrons. The average Bonchev–Trinajstić information content (AvgIpc) is 3.44. The molecule has 0 spiro atoms. The number of carbonyl (C=O) groups is 1. The summed E-state index contributed by atoms with van der Waals surface area (Å²) < 4.78 is 5.49. The molecule has 0 bridgehead atoms. The van der Waals surface area contributed by atoms with Gasteiger partial charge in [0, 0.05) is 46.9 Å². The quantitative estimate of drug-likeness (QED) is 0.658. The van der Waals surface area contributed by atoms with E-state index in [1.54, 1.807) is 0 Å². The molecule has 5 heteroatoms. The standard InChI is InChI=1S/C25H29N3O2/c29-25(19-8-11-28(12-9-19)16-18-10-13-30-17-18)26-22-6-3-5-20(14-22)24-15-21-4-1-2-7-23(21)27-24/h1-7,14-15,18-19,27H,8-13,16-17H2,(H,26,29)/t18-/m0/s1. The molecule has 5 rings (SSSR count). The lowest BCUT2D eigenvalue weighted by molar-refractivity contribution is -0.121. The maximum absolute atomic E-state index is 12.8. The van der Waals surface area contributed by atoms with Crippen LogP contribution in [0.4, 0.5) is 5.69 Å². The Morgan fingerprint density at radius 1 is 1.07 bits per heavy atom. The topological polar surface area (TPSA) is 57.4 Å². The van der Waals surface area contributed by atoms with Gasteiger partial charge in [0.1, 0.15) is 0 Å². The van der Waals surface area contributed by atoms with E-state index in [0.717, 1.165) is 68.2 Å². The fourth-order valence-electron chi connectivity index (χ4n) is 4.71. The Morgan fingerprint density at radius 3 is 2.73 bits per heavy atom. The van der Waals surface area contributed by atoms with E-state index in [4.69, 9.17) is 4.74 Å². The first kappa shape index (κ1) is 19.3. The van der Waals surface area contributed by atoms with Gasteiger partial charge in [0.15, 0.2) is 0 Å². The van der Waals surface area contributed by atoms with Crippen molar-refractivity contribution >= 4 is 22.5 Å². The molecule has 2 aromatic carbocycles. The number of H-pyrrole nitrogens is 1. The molecular formula is C25H29N3O2. The van der Waals surface area contributed by atoms with Crippen LogP contribution in [0.15, 0.2) is 54.6 Å². The second kappa shape index (κ2) is 8.62. The number of likely N-dealkylation sites (tertiary alicyclic amines) is 1. The van der Waals surface area contributed by atoms with Crippen LogP contribution in [0.2, 0.25) is 0 Å². The number of aromatic amines is 1. The smallest absolute Gasteiger partial charge is 0.227 e. The summed E-state index contributed by atoms with van der Waals surface area (Å²) in [6, 6.07) is 18.5. The minimum atomic E-state index is 0.0952. The molecule has 0 unspecified atom stereocenters. The van der Waals surface area contributed by atoms with E-state index in [9.17, 15) is 4.79 Å². The molecular weight excluding hydrogens is 374 g/mol. The summed E-state index contributed by atoms with van der Waals surface area (Å²) in [4.78, 5) is 18.8. The van der Waals surface area contributed by atoms with E-state index in [1.807, 2.05) is 24.3 Å². The summed E-state index contributed by atoms with van der Waals surface area (Å²) in [7, 11) is 0. The molecule has 1 atom stereocenters. The Labute approximate surface area is 177 Å². The van der Waals surface area contributed by atoms with Gasteiger partial charge in [-0.3, -0.25) is 4.79 Å². The minimum absolute atomic E-state index is 0.0952. The molecule has 1 amide bonds. The Hall–Kier alpha value is -2.63. The second-order valence-electron chi connectivity index (χ2n) is 8.64. The Balaban J connectivity index is 1.20. The number of nitrogens with zero attached hydrogens (tertiary/aromatic N) is 1. The molecule has 2 saturated heterocycles. The molecule has 0 saturated carbocycles. The van der Waals surface area contributed by atoms with Gasteiger partial charge in [-0.2, -0.15) is 0 Å². The number of nitrogens with one attached hydrogen (secondary N) is 2. The van der Waals surface area contributed by atoms with Crippen molar-refractivity contribution in [2.24, 2.45) is 11.8 Å². The molecule has 2 fully saturated rings. The Bertz CT molecular complexity index is 981. The predicted molar refractivity (Wildman–Crippen MR) is 120 cm³/mol. The third-order valence-electron chi connectivity index (χ3n) is 6.47. The maximum atomic E-state index is 12.8. The highest BCUT2D eigenvalue weighted by Crippen LogP contribution is 2.27. The van der Waals surface area contributed by atoms with E-state index >= 15 is 0 Å². The fraction of sp³-hybridized carbons (Fsp3) is 0.400. The summed E-state index contributed by atoms with van der Waals surface area (Å²) in [5.74, 6) is 0.910. The predicted octanol–water partition coefficient (Wildman–Crippen LogP) is 4.52. The number of hydrogen-bond donors (Lipinski definition) is 2. The van der Waals surface area contributed by atoms with Gasteiger partial charge in [0.2, 0.25) is 5.91 Å². The highest BCUT2D eigenvalue weighted by molar-refractivity contribution is 5.93. The number of ether oxygens (including phenoxy) is 1. The molecule has 2 N–H and O–H groups in total. The summed E-state index contributed by atoms with van der Waals surface area (Å²) in [5, 5.41) is 4.34. The van der Waals surface area contributed by atoms with E-state index in [2.05, 4.69) is 45.5 Å². The van der Waals surface area contributed by atoms with E-state index in [-0.39, 0.29) is 11.8 Å². The third kappa shape index (κ3) is 4.27. The van der Waals surface area contributed by atoms with E-state index < -0.39 is 0 Å². The molecule has 2 aliphatic rings. The van der Waals surface area contributed by atoms with Gasteiger partial charge in [0.05, 0.1) is 6.61 Å². The van der Waals surface area contributed by atoms with Crippen molar-refractivity contribution < 1.29 is 9.53 Å². The van der Waals surface area contributed by atoms with Crippen molar-refractivity contribution in [3.63, 3.8) is 0 Å². The van der Waals surface area contributed by atoms with Gasteiger partial charge in [-0.25, -0.2) is 0 Å². The van der Waals surface area contributed by atoms with Crippen LogP contribution in [0.3, 0.4) is 0 Å². The summed E-state index contributed by atoms with van der Waals surface area (Å²) in [6.07, 6.45) is 3.04. The molecule has 3 heterocycles. The van der Waals surface area contributed by atoms with E-state index in [1.165, 1.54) is 11.8 Å². The zero-order chi connectivity index (χ0) is 20.3. The number of rotatable bonds is 5. The minimum Gasteiger partial charge on any atom is -0.381 e. The Kier molecular flexibility index (Phi) is 5.56. The number of fused-ring (bicyclic) bond motifs is 1. The lowest BCUT2D eigenvalue weighted by atomic mass is 9.94. The zero-order valence-electron chi connectivity index (χ0n) is 17.3. The molecule has 0 aliphatic carbocycles. The lowest BCUT2D eigenvalue weighted by Gasteiger charge is -2.32. The number of benzene rings is 2. The normalized spacial score (nSPS) is 20.6. The molecule has 2 aliphatic heterocycles. The largest absolute Gasteiger partial charge is 0.381 e. The first-order valence-electron chi connectivity index (χ1n) is 11.0. The first-order chi connectivity index (χ1) is 14.7. The number of anilines is 1. The van der Waals surface area contributed by atoms with Crippen molar-refractivity contribution in [3.8, 4) is 11.3 Å². The van der Waals surface area contributed by atoms with Gasteiger partial charge in [-0.15, -0.1) is 0 Å². The van der Waals surface area contributed by atoms with Crippen LogP contribution in [0, 0.1) is 11.8 Å². The monoisotopic (exact) mass is 403 g/mol. The number of amides is 1. The van der Waals surface area contributed by atoms with Crippen molar-refractivity contribution in [1.29, 1.82) is 0 Å². The molecule has 3 aromatic rings. The first-order valence-corrected chi connectivity index (χ1v) is 11.0. The summed E-state index contributed by atoms with van der Waals surface area (Å²) in [5.41, 5.74) is 4.13. The van der Waals surface area contributed by atoms with Crippen LogP contribution in [-0.4, -0.2) is 48.6 Å². The van der Waals surface area contributed by atoms with Crippen LogP contribution in [0.25, 0.3) is 22.2 Å². The molecule has 5 nitrogen and oxygen atoms in total. The lowest BCUT2D eigenvalue weighted by Crippen LogP contribution is -2.40. The van der Waals surface area contributed by atoms with E-state index in [0.29, 0.717) is 5.92 Å². The van der Waals surface area contributed by atoms with Crippen LogP contribution in [-0.2, 0) is 9.53 Å². The van der Waals surface area contributed by atoms with Gasteiger partial charge < -0.3 is 19.9 Å². The number of para-hydroxylation sites is 1. The van der Waals surface area contributed by atoms with Crippen molar-refractivity contribution in [1.82, 2.24) is 9.88 Å². The van der Waals surface area contributed by atoms with Gasteiger partial charge in [-0.1, -0.05) is 30.3 Å². The molecule has 0 radical (unpaired) electrons. The van der Waals surface area contributed by atoms with Gasteiger partial charge >= 0.3 is 0 Å². The fourth-order valence-corrected chi connectivity index (χ4v) is 4.71. The average molecular weight is 404 g/mol. The van der Waals surface area contributed by atoms with Gasteiger partial charge in [0.25, 0.3) is 0 Å². The zero-order valence-corrected chi connectivity index (χ0v) is 17.3. The number of aromatic nitrogens is 1. The second-order valence-corrected chi connectivity index (χ2v) is 8.64. The highest BCUT2D eigenvalue weighted by atomic mass is 16.5. The number of piperidine rings is 1. The van der Waals surface area contributed by atoms with Crippen LogP contribution in [0.1, 0.15) is 19.3 Å². The summed E-state index contributed by atoms with van der Waals surface area (Å²) in [6.45, 7) is 4.92. The highest BCUT2D eigenvalue weighted by Gasteiger charge is 2.27. The summed E-state index contributed by atoms with van der Waals surface area (Å²) >= 11 is 0. The van der Waals surface area contributed by atoms with Gasteiger partial charge in [-0.05, 0) is 62.5 Å². The van der Waals surface area contributed by atoms with Crippen molar-refractivity contribution in [2.75, 3.05) is 38.2 Å². The molecule has 1 aromatic heterocycles. The van der Waals surface area contributed by atoms with Crippen LogP contribution in [0.5, 0.6) is 0 Å². The van der Waals surface area contributed by atoms with Crippen LogP contribution < -0.4 is 5.32 Å². The maximum Gasteiger partial charge on any atom is 0.227 e. The third-order valence-corrected chi connectivity index (χ3v) is 6.47. The molecule has 30 heavy (non-hydrogen) atoms.